The molecule has 2 aromatic carbocycles. The Morgan fingerprint density at radius 2 is 1.80 bits per heavy atom. The second-order valence-electron chi connectivity index (χ2n) is 8.99. The minimum Gasteiger partial charge on any atom is -0.493 e. The largest absolute Gasteiger partial charge is 0.493 e. The lowest BCUT2D eigenvalue weighted by Crippen LogP contribution is -2.16. The second-order valence-corrected chi connectivity index (χ2v) is 8.99. The Bertz CT molecular complexity index is 1180. The van der Waals surface area contributed by atoms with Crippen molar-refractivity contribution in [2.75, 3.05) is 13.2 Å². The first-order valence-corrected chi connectivity index (χ1v) is 12.1. The second kappa shape index (κ2) is 10.6. The molecule has 0 bridgehead atoms. The molecule has 0 N–H and O–H groups in total. The zero-order valence-electron chi connectivity index (χ0n) is 20.0. The molecule has 1 aliphatic carbocycles. The smallest absolute Gasteiger partial charge is 0.416 e. The van der Waals surface area contributed by atoms with Crippen LogP contribution in [0.2, 0.25) is 0 Å². The van der Waals surface area contributed by atoms with Crippen LogP contribution < -0.4 is 4.74 Å². The highest BCUT2D eigenvalue weighted by molar-refractivity contribution is 5.90. The fraction of sp³-hybridized carbons (Fsp3) is 0.393. The molecule has 0 aliphatic heterocycles. The topological polar surface area (TPSA) is 40.5 Å². The molecular weight excluding hydrogens is 455 g/mol. The van der Waals surface area contributed by atoms with Crippen molar-refractivity contribution >= 4 is 5.97 Å². The molecule has 0 saturated heterocycles. The summed E-state index contributed by atoms with van der Waals surface area (Å²) in [5.74, 6) is 0.138. The molecule has 0 unspecified atom stereocenters. The van der Waals surface area contributed by atoms with Crippen LogP contribution >= 0.6 is 0 Å². The van der Waals surface area contributed by atoms with Gasteiger partial charge in [0.1, 0.15) is 5.75 Å². The lowest BCUT2D eigenvalue weighted by Gasteiger charge is -2.23. The summed E-state index contributed by atoms with van der Waals surface area (Å²) < 4.78 is 53.7. The lowest BCUT2D eigenvalue weighted by atomic mass is 9.90. The number of alkyl halides is 3. The Morgan fingerprint density at radius 3 is 2.51 bits per heavy atom. The molecule has 4 nitrogen and oxygen atoms in total. The van der Waals surface area contributed by atoms with Gasteiger partial charge in [0, 0.05) is 16.9 Å². The van der Waals surface area contributed by atoms with Gasteiger partial charge in [-0.3, -0.25) is 0 Å². The van der Waals surface area contributed by atoms with Crippen molar-refractivity contribution in [3.63, 3.8) is 0 Å². The average Bonchev–Trinajstić information content (AvgIpc) is 3.24. The Labute approximate surface area is 203 Å². The molecule has 35 heavy (non-hydrogen) atoms. The van der Waals surface area contributed by atoms with Gasteiger partial charge < -0.3 is 14.0 Å². The highest BCUT2D eigenvalue weighted by Gasteiger charge is 2.32. The molecule has 0 atom stereocenters. The molecule has 0 amide bonds. The van der Waals surface area contributed by atoms with Crippen LogP contribution in [0.1, 0.15) is 60.6 Å². The first-order valence-electron chi connectivity index (χ1n) is 12.1. The number of ether oxygens (including phenoxy) is 2. The van der Waals surface area contributed by atoms with Gasteiger partial charge in [0.05, 0.1) is 30.0 Å². The van der Waals surface area contributed by atoms with Gasteiger partial charge in [0.25, 0.3) is 0 Å². The minimum atomic E-state index is -4.46. The fourth-order valence-electron chi connectivity index (χ4n) is 4.67. The zero-order valence-corrected chi connectivity index (χ0v) is 20.0. The third kappa shape index (κ3) is 5.72. The summed E-state index contributed by atoms with van der Waals surface area (Å²) in [4.78, 5) is 12.3. The molecule has 1 fully saturated rings. The quantitative estimate of drug-likeness (QED) is 0.324. The molecule has 186 valence electrons. The van der Waals surface area contributed by atoms with Crippen molar-refractivity contribution < 1.29 is 27.4 Å². The van der Waals surface area contributed by atoms with Crippen LogP contribution in [-0.2, 0) is 10.9 Å². The molecule has 0 radical (unpaired) electrons. The first-order chi connectivity index (χ1) is 16.8. The van der Waals surface area contributed by atoms with Crippen molar-refractivity contribution in [3.8, 4) is 22.7 Å². The minimum absolute atomic E-state index is 0.214. The molecule has 1 aliphatic rings. The van der Waals surface area contributed by atoms with Gasteiger partial charge in [-0.15, -0.1) is 0 Å². The van der Waals surface area contributed by atoms with Crippen molar-refractivity contribution in [1.82, 2.24) is 4.57 Å². The SMILES string of the molecule is CCOC(=O)c1cccc(-n2c(C)ccc2-c2ccc(C(F)(F)F)cc2OCC2CCCCC2)c1. The van der Waals surface area contributed by atoms with Gasteiger partial charge in [-0.05, 0) is 81.1 Å². The number of esters is 1. The van der Waals surface area contributed by atoms with E-state index in [0.29, 0.717) is 35.0 Å². The van der Waals surface area contributed by atoms with Crippen LogP contribution in [0.5, 0.6) is 5.75 Å². The van der Waals surface area contributed by atoms with E-state index in [1.807, 2.05) is 29.7 Å². The average molecular weight is 486 g/mol. The van der Waals surface area contributed by atoms with Gasteiger partial charge in [-0.1, -0.05) is 25.3 Å². The highest BCUT2D eigenvalue weighted by atomic mass is 19.4. The van der Waals surface area contributed by atoms with Crippen LogP contribution in [0.15, 0.2) is 54.6 Å². The number of halogens is 3. The number of rotatable bonds is 7. The molecule has 7 heteroatoms. The van der Waals surface area contributed by atoms with E-state index in [4.69, 9.17) is 9.47 Å². The van der Waals surface area contributed by atoms with E-state index in [1.54, 1.807) is 25.1 Å². The number of benzene rings is 2. The molecule has 1 aromatic heterocycles. The zero-order chi connectivity index (χ0) is 25.0. The predicted octanol–water partition coefficient (Wildman–Crippen LogP) is 7.61. The first kappa shape index (κ1) is 24.9. The Balaban J connectivity index is 1.75. The maximum atomic E-state index is 13.5. The van der Waals surface area contributed by atoms with Gasteiger partial charge in [-0.25, -0.2) is 4.79 Å². The van der Waals surface area contributed by atoms with Crippen LogP contribution in [0.4, 0.5) is 13.2 Å². The Hall–Kier alpha value is -3.22. The normalized spacial score (nSPS) is 14.7. The van der Waals surface area contributed by atoms with E-state index >= 15 is 0 Å². The number of aryl methyl sites for hydroxylation is 1. The van der Waals surface area contributed by atoms with Gasteiger partial charge >= 0.3 is 12.1 Å². The van der Waals surface area contributed by atoms with Crippen LogP contribution in [-0.4, -0.2) is 23.8 Å². The fourth-order valence-corrected chi connectivity index (χ4v) is 4.67. The van der Waals surface area contributed by atoms with Crippen molar-refractivity contribution in [2.24, 2.45) is 5.92 Å². The summed E-state index contributed by atoms with van der Waals surface area (Å²) >= 11 is 0. The summed E-state index contributed by atoms with van der Waals surface area (Å²) in [6.07, 6.45) is 1.05. The van der Waals surface area contributed by atoms with Crippen LogP contribution in [0, 0.1) is 12.8 Å². The van der Waals surface area contributed by atoms with Crippen LogP contribution in [0.25, 0.3) is 16.9 Å². The summed E-state index contributed by atoms with van der Waals surface area (Å²) in [5.41, 5.74) is 2.52. The molecular formula is C28H30F3NO3. The number of carbonyl (C=O) groups excluding carboxylic acids is 1. The number of hydrogen-bond donors (Lipinski definition) is 0. The number of nitrogens with zero attached hydrogens (tertiary/aromatic N) is 1. The van der Waals surface area contributed by atoms with E-state index in [2.05, 4.69) is 0 Å². The molecule has 4 rings (SSSR count). The lowest BCUT2D eigenvalue weighted by molar-refractivity contribution is -0.137. The van der Waals surface area contributed by atoms with Crippen molar-refractivity contribution in [1.29, 1.82) is 0 Å². The van der Waals surface area contributed by atoms with Gasteiger partial charge in [0.15, 0.2) is 0 Å². The number of carbonyl (C=O) groups is 1. The standard InChI is InChI=1S/C28H30F3NO3/c1-3-34-27(33)21-10-7-11-23(16-21)32-19(2)12-15-25(32)24-14-13-22(28(29,30)31)17-26(24)35-18-20-8-5-4-6-9-20/h7,10-17,20H,3-6,8-9,18H2,1-2H3. The highest BCUT2D eigenvalue weighted by Crippen LogP contribution is 2.39. The number of aromatic nitrogens is 1. The summed E-state index contributed by atoms with van der Waals surface area (Å²) in [5, 5.41) is 0. The maximum Gasteiger partial charge on any atom is 0.416 e. The van der Waals surface area contributed by atoms with Crippen molar-refractivity contribution in [3.05, 3.63) is 71.4 Å². The van der Waals surface area contributed by atoms with E-state index in [-0.39, 0.29) is 12.4 Å². The monoisotopic (exact) mass is 485 g/mol. The van der Waals surface area contributed by atoms with E-state index < -0.39 is 17.7 Å². The molecule has 3 aromatic rings. The van der Waals surface area contributed by atoms with Crippen LogP contribution in [0.3, 0.4) is 0 Å². The summed E-state index contributed by atoms with van der Waals surface area (Å²) in [6.45, 7) is 4.32. The molecule has 1 saturated carbocycles. The summed E-state index contributed by atoms with van der Waals surface area (Å²) in [6, 6.07) is 14.4. The van der Waals surface area contributed by atoms with Gasteiger partial charge in [-0.2, -0.15) is 13.2 Å². The van der Waals surface area contributed by atoms with Gasteiger partial charge in [0.2, 0.25) is 0 Å². The third-order valence-corrected chi connectivity index (χ3v) is 6.48. The number of hydrogen-bond acceptors (Lipinski definition) is 3. The maximum absolute atomic E-state index is 13.5. The molecule has 0 spiro atoms. The summed E-state index contributed by atoms with van der Waals surface area (Å²) in [7, 11) is 0. The molecule has 1 heterocycles. The third-order valence-electron chi connectivity index (χ3n) is 6.48. The van der Waals surface area contributed by atoms with E-state index in [1.165, 1.54) is 12.5 Å². The van der Waals surface area contributed by atoms with E-state index in [9.17, 15) is 18.0 Å². The Morgan fingerprint density at radius 1 is 1.03 bits per heavy atom. The van der Waals surface area contributed by atoms with Crippen molar-refractivity contribution in [2.45, 2.75) is 52.1 Å². The van der Waals surface area contributed by atoms with E-state index in [0.717, 1.165) is 43.5 Å². The predicted molar refractivity (Wildman–Crippen MR) is 129 cm³/mol. The Kier molecular flexibility index (Phi) is 7.53.